The van der Waals surface area contributed by atoms with E-state index in [-0.39, 0.29) is 11.8 Å². The van der Waals surface area contributed by atoms with Gasteiger partial charge in [0.25, 0.3) is 5.91 Å². The van der Waals surface area contributed by atoms with Crippen molar-refractivity contribution in [2.45, 2.75) is 25.7 Å². The minimum atomic E-state index is -0.0382. The van der Waals surface area contributed by atoms with E-state index >= 15 is 0 Å². The highest BCUT2D eigenvalue weighted by Gasteiger charge is 2.28. The number of hydrogen-bond acceptors (Lipinski definition) is 5. The van der Waals surface area contributed by atoms with Crippen LogP contribution in [-0.2, 0) is 0 Å². The smallest absolute Gasteiger partial charge is 0.289 e. The lowest BCUT2D eigenvalue weighted by atomic mass is 9.95. The Morgan fingerprint density at radius 3 is 2.72 bits per heavy atom. The maximum Gasteiger partial charge on any atom is 0.289 e. The number of hydrogen-bond donors (Lipinski definition) is 0. The van der Waals surface area contributed by atoms with Crippen LogP contribution in [0.5, 0.6) is 0 Å². The fourth-order valence-electron chi connectivity index (χ4n) is 3.92. The second kappa shape index (κ2) is 7.44. The number of nitrogens with zero attached hydrogens (tertiary/aromatic N) is 3. The third kappa shape index (κ3) is 3.56. The molecule has 29 heavy (non-hydrogen) atoms. The Hall–Kier alpha value is -2.99. The number of benzene rings is 1. The Morgan fingerprint density at radius 2 is 1.97 bits per heavy atom. The molecule has 0 saturated carbocycles. The zero-order valence-electron chi connectivity index (χ0n) is 16.2. The Bertz CT molecular complexity index is 1130. The molecule has 1 amide bonds. The molecule has 3 aromatic heterocycles. The largest absolute Gasteiger partial charge is 0.451 e. The molecule has 0 unspecified atom stereocenters. The number of carbonyl (C=O) groups excluding carboxylic acids is 1. The molecule has 0 spiro atoms. The number of carbonyl (C=O) groups is 1. The van der Waals surface area contributed by atoms with E-state index in [2.05, 4.69) is 16.8 Å². The van der Waals surface area contributed by atoms with Gasteiger partial charge in [-0.15, -0.1) is 0 Å². The van der Waals surface area contributed by atoms with Crippen LogP contribution in [0.4, 0.5) is 0 Å². The Labute approximate surface area is 173 Å². The van der Waals surface area contributed by atoms with Gasteiger partial charge in [0.2, 0.25) is 0 Å². The van der Waals surface area contributed by atoms with Crippen molar-refractivity contribution in [3.05, 3.63) is 70.5 Å². The van der Waals surface area contributed by atoms with Gasteiger partial charge in [-0.25, -0.2) is 9.97 Å². The fourth-order valence-corrected chi connectivity index (χ4v) is 4.57. The normalized spacial score (nSPS) is 15.1. The van der Waals surface area contributed by atoms with E-state index in [4.69, 9.17) is 14.4 Å². The molecular weight excluding hydrogens is 382 g/mol. The van der Waals surface area contributed by atoms with Crippen LogP contribution in [-0.4, -0.2) is 33.9 Å². The molecule has 1 aliphatic heterocycles. The quantitative estimate of drug-likeness (QED) is 0.467. The number of piperidine rings is 1. The van der Waals surface area contributed by atoms with E-state index in [0.29, 0.717) is 18.8 Å². The summed E-state index contributed by atoms with van der Waals surface area (Å²) >= 11 is 1.67. The molecule has 1 saturated heterocycles. The summed E-state index contributed by atoms with van der Waals surface area (Å²) in [6.45, 7) is 3.39. The van der Waals surface area contributed by atoms with E-state index in [9.17, 15) is 4.79 Å². The van der Waals surface area contributed by atoms with Gasteiger partial charge in [0.15, 0.2) is 5.76 Å². The number of amides is 1. The van der Waals surface area contributed by atoms with Crippen molar-refractivity contribution in [1.82, 2.24) is 14.9 Å². The Kier molecular flexibility index (Phi) is 4.64. The number of aryl methyl sites for hydroxylation is 1. The molecular formula is C23H21N3O2S. The molecule has 4 aromatic rings. The predicted octanol–water partition coefficient (Wildman–Crippen LogP) is 5.28. The van der Waals surface area contributed by atoms with Crippen LogP contribution in [0.15, 0.2) is 57.6 Å². The monoisotopic (exact) mass is 403 g/mol. The number of furan rings is 1. The second-order valence-corrected chi connectivity index (χ2v) is 8.26. The molecule has 0 aliphatic carbocycles. The van der Waals surface area contributed by atoms with Gasteiger partial charge in [-0.05, 0) is 49.4 Å². The lowest BCUT2D eigenvalue weighted by molar-refractivity contribution is 0.0681. The van der Waals surface area contributed by atoms with Crippen LogP contribution < -0.4 is 0 Å². The van der Waals surface area contributed by atoms with E-state index in [1.165, 1.54) is 0 Å². The van der Waals surface area contributed by atoms with Crippen LogP contribution in [0.25, 0.3) is 22.2 Å². The molecule has 0 radical (unpaired) electrons. The average Bonchev–Trinajstić information content (AvgIpc) is 3.43. The summed E-state index contributed by atoms with van der Waals surface area (Å²) in [5.41, 5.74) is 3.85. The summed E-state index contributed by atoms with van der Waals surface area (Å²) in [6, 6.07) is 13.7. The highest BCUT2D eigenvalue weighted by atomic mass is 32.1. The molecule has 1 aromatic carbocycles. The van der Waals surface area contributed by atoms with Gasteiger partial charge in [-0.1, -0.05) is 18.2 Å². The number of rotatable bonds is 3. The third-order valence-corrected chi connectivity index (χ3v) is 6.16. The summed E-state index contributed by atoms with van der Waals surface area (Å²) in [4.78, 5) is 24.3. The van der Waals surface area contributed by atoms with E-state index in [1.807, 2.05) is 48.2 Å². The van der Waals surface area contributed by atoms with Crippen molar-refractivity contribution in [3.63, 3.8) is 0 Å². The molecule has 5 nitrogen and oxygen atoms in total. The highest BCUT2D eigenvalue weighted by molar-refractivity contribution is 7.08. The lowest BCUT2D eigenvalue weighted by Crippen LogP contribution is -2.38. The zero-order valence-corrected chi connectivity index (χ0v) is 17.0. The van der Waals surface area contributed by atoms with E-state index in [1.54, 1.807) is 11.3 Å². The number of aromatic nitrogens is 2. The van der Waals surface area contributed by atoms with Crippen LogP contribution >= 0.6 is 11.3 Å². The summed E-state index contributed by atoms with van der Waals surface area (Å²) in [7, 11) is 0. The first-order valence-corrected chi connectivity index (χ1v) is 10.8. The van der Waals surface area contributed by atoms with Crippen LogP contribution in [0.3, 0.4) is 0 Å². The van der Waals surface area contributed by atoms with E-state index in [0.717, 1.165) is 46.6 Å². The van der Waals surface area contributed by atoms with Crippen LogP contribution in [0, 0.1) is 6.92 Å². The first-order valence-electron chi connectivity index (χ1n) is 9.83. The van der Waals surface area contributed by atoms with Crippen molar-refractivity contribution < 1.29 is 9.21 Å². The third-order valence-electron chi connectivity index (χ3n) is 5.47. The van der Waals surface area contributed by atoms with Crippen molar-refractivity contribution >= 4 is 28.2 Å². The number of thiophene rings is 1. The van der Waals surface area contributed by atoms with Crippen LogP contribution in [0.1, 0.15) is 40.8 Å². The SMILES string of the molecule is Cc1cc(-c2ccsc2)nc(C2CCN(C(=O)c3cc4ccccc4o3)CC2)n1. The van der Waals surface area contributed by atoms with Gasteiger partial charge >= 0.3 is 0 Å². The molecule has 6 heteroatoms. The fraction of sp³-hybridized carbons (Fsp3) is 0.261. The van der Waals surface area contributed by atoms with Gasteiger partial charge in [0, 0.05) is 41.0 Å². The highest BCUT2D eigenvalue weighted by Crippen LogP contribution is 2.30. The minimum absolute atomic E-state index is 0.0382. The maximum atomic E-state index is 12.9. The van der Waals surface area contributed by atoms with E-state index < -0.39 is 0 Å². The van der Waals surface area contributed by atoms with Crippen LogP contribution in [0.2, 0.25) is 0 Å². The number of fused-ring (bicyclic) bond motifs is 1. The molecule has 1 aliphatic rings. The lowest BCUT2D eigenvalue weighted by Gasteiger charge is -2.30. The first-order chi connectivity index (χ1) is 14.2. The first kappa shape index (κ1) is 18.1. The van der Waals surface area contributed by atoms with Gasteiger partial charge in [-0.3, -0.25) is 4.79 Å². The summed E-state index contributed by atoms with van der Waals surface area (Å²) in [5.74, 6) is 1.54. The molecule has 5 rings (SSSR count). The predicted molar refractivity (Wildman–Crippen MR) is 114 cm³/mol. The second-order valence-electron chi connectivity index (χ2n) is 7.48. The molecule has 0 atom stereocenters. The zero-order chi connectivity index (χ0) is 19.8. The summed E-state index contributed by atoms with van der Waals surface area (Å²) in [5, 5.41) is 5.13. The maximum absolute atomic E-state index is 12.9. The number of likely N-dealkylation sites (tertiary alicyclic amines) is 1. The average molecular weight is 404 g/mol. The summed E-state index contributed by atoms with van der Waals surface area (Å²) < 4.78 is 5.75. The molecule has 0 N–H and O–H groups in total. The summed E-state index contributed by atoms with van der Waals surface area (Å²) in [6.07, 6.45) is 1.72. The molecule has 146 valence electrons. The van der Waals surface area contributed by atoms with Crippen molar-refractivity contribution in [2.24, 2.45) is 0 Å². The topological polar surface area (TPSA) is 59.2 Å². The van der Waals surface area contributed by atoms with Crippen molar-refractivity contribution in [1.29, 1.82) is 0 Å². The van der Waals surface area contributed by atoms with Gasteiger partial charge < -0.3 is 9.32 Å². The Balaban J connectivity index is 1.31. The number of para-hydroxylation sites is 1. The minimum Gasteiger partial charge on any atom is -0.451 e. The molecule has 0 bridgehead atoms. The van der Waals surface area contributed by atoms with Crippen molar-refractivity contribution in [3.8, 4) is 11.3 Å². The van der Waals surface area contributed by atoms with Gasteiger partial charge in [-0.2, -0.15) is 11.3 Å². The van der Waals surface area contributed by atoms with Gasteiger partial charge in [0.05, 0.1) is 5.69 Å². The molecule has 4 heterocycles. The van der Waals surface area contributed by atoms with Gasteiger partial charge in [0.1, 0.15) is 11.4 Å². The molecule has 1 fully saturated rings. The standard InChI is InChI=1S/C23H21N3O2S/c1-15-12-19(18-8-11-29-14-18)25-22(24-15)16-6-9-26(10-7-16)23(27)21-13-17-4-2-3-5-20(17)28-21/h2-5,8,11-14,16H,6-7,9-10H2,1H3. The van der Waals surface area contributed by atoms with Crippen molar-refractivity contribution in [2.75, 3.05) is 13.1 Å². The Morgan fingerprint density at radius 1 is 1.14 bits per heavy atom.